The predicted molar refractivity (Wildman–Crippen MR) is 11.5 cm³/mol. The van der Waals surface area contributed by atoms with E-state index in [4.69, 9.17) is 10.2 Å². The number of hydrogen-bond acceptors (Lipinski definition) is 3. The Hall–Kier alpha value is 1.57. The molecule has 0 saturated heterocycles. The van der Waals surface area contributed by atoms with Crippen molar-refractivity contribution in [3.63, 3.8) is 0 Å². The molecule has 0 rings (SSSR count). The standard InChI is InChI=1S/In.3O.Sb/q+3;3*-1;. The molecule has 3 nitrogen and oxygen atoms in total. The Morgan fingerprint density at radius 3 is 1.00 bits per heavy atom. The maximum atomic E-state index is 8.60. The van der Waals surface area contributed by atoms with Crippen LogP contribution in [0.25, 0.3) is 0 Å². The SMILES string of the molecule is [In+3].[O-][Sb]([O-])[O-]. The summed E-state index contributed by atoms with van der Waals surface area (Å²) in [5.74, 6) is 0. The molecular weight excluding hydrogens is 285 g/mol. The first-order valence-corrected chi connectivity index (χ1v) is 3.67. The van der Waals surface area contributed by atoms with Crippen molar-refractivity contribution in [3.05, 3.63) is 0 Å². The minimum absolute atomic E-state index is 0. The Bertz CT molecular complexity index is 11.6. The molecule has 0 radical (unpaired) electrons. The first kappa shape index (κ1) is 9.76. The Labute approximate surface area is 57.1 Å². The molecule has 0 spiro atoms. The van der Waals surface area contributed by atoms with Gasteiger partial charge in [-0.05, 0) is 0 Å². The third-order valence-corrected chi connectivity index (χ3v) is 0. The van der Waals surface area contributed by atoms with E-state index in [1.807, 2.05) is 0 Å². The molecule has 0 aromatic carbocycles. The second kappa shape index (κ2) is 5.57. The van der Waals surface area contributed by atoms with Crippen LogP contribution in [0.5, 0.6) is 0 Å². The van der Waals surface area contributed by atoms with Gasteiger partial charge in [-0.25, -0.2) is 0 Å². The van der Waals surface area contributed by atoms with E-state index in [0.29, 0.717) is 0 Å². The first-order valence-electron chi connectivity index (χ1n) is 0.548. The molecule has 5 heteroatoms. The van der Waals surface area contributed by atoms with Crippen LogP contribution in [0.3, 0.4) is 0 Å². The fraction of sp³-hybridized carbons (Fsp3) is 0. The van der Waals surface area contributed by atoms with Crippen molar-refractivity contribution in [1.82, 2.24) is 0 Å². The second-order valence-electron chi connectivity index (χ2n) is 0.224. The number of hydrogen-bond donors (Lipinski definition) is 0. The van der Waals surface area contributed by atoms with E-state index in [-0.39, 0.29) is 25.8 Å². The molecule has 0 aliphatic heterocycles. The Balaban J connectivity index is 0. The molecular formula is InO3Sb. The molecule has 0 saturated carbocycles. The molecule has 5 heavy (non-hydrogen) atoms. The van der Waals surface area contributed by atoms with Crippen LogP contribution in [-0.2, 0) is 0 Å². The van der Waals surface area contributed by atoms with Crippen molar-refractivity contribution in [2.45, 2.75) is 0 Å². The third kappa shape index (κ3) is 28.8. The zero-order valence-corrected chi connectivity index (χ0v) is 8.10. The molecule has 0 atom stereocenters. The van der Waals surface area contributed by atoms with Crippen LogP contribution in [0.4, 0.5) is 0 Å². The molecule has 0 N–H and O–H groups in total. The van der Waals surface area contributed by atoms with Crippen LogP contribution in [-0.4, -0.2) is 47.3 Å². The molecule has 0 aliphatic rings. The fourth-order valence-corrected chi connectivity index (χ4v) is 0. The molecule has 0 aliphatic carbocycles. The van der Waals surface area contributed by atoms with Crippen molar-refractivity contribution in [3.8, 4) is 0 Å². The molecule has 26 valence electrons. The van der Waals surface area contributed by atoms with Gasteiger partial charge in [-0.2, -0.15) is 0 Å². The van der Waals surface area contributed by atoms with E-state index in [1.165, 1.54) is 0 Å². The van der Waals surface area contributed by atoms with Gasteiger partial charge in [0.15, 0.2) is 0 Å². The Kier molecular flexibility index (Phi) is 10.9. The average Bonchev–Trinajstić information content (AvgIpc) is 0.811. The van der Waals surface area contributed by atoms with Crippen LogP contribution in [0.2, 0.25) is 0 Å². The topological polar surface area (TPSA) is 69.2 Å². The van der Waals surface area contributed by atoms with Crippen LogP contribution in [0, 0.1) is 0 Å². The monoisotopic (exact) mass is 284 g/mol. The summed E-state index contributed by atoms with van der Waals surface area (Å²) in [6.45, 7) is 0. The van der Waals surface area contributed by atoms with Gasteiger partial charge in [0, 0.05) is 0 Å². The quantitative estimate of drug-likeness (QED) is 0.423. The van der Waals surface area contributed by atoms with Gasteiger partial charge in [0.1, 0.15) is 0 Å². The van der Waals surface area contributed by atoms with Gasteiger partial charge >= 0.3 is 57.5 Å². The first-order chi connectivity index (χ1) is 1.73. The van der Waals surface area contributed by atoms with Gasteiger partial charge in [0.25, 0.3) is 0 Å². The summed E-state index contributed by atoms with van der Waals surface area (Å²) in [7, 11) is 0. The van der Waals surface area contributed by atoms with E-state index in [9.17, 15) is 0 Å². The van der Waals surface area contributed by atoms with E-state index < -0.39 is 21.5 Å². The molecule has 0 unspecified atom stereocenters. The zero-order chi connectivity index (χ0) is 3.58. The van der Waals surface area contributed by atoms with Gasteiger partial charge in [0.05, 0.1) is 0 Å². The Morgan fingerprint density at radius 2 is 1.00 bits per heavy atom. The van der Waals surface area contributed by atoms with Crippen LogP contribution < -0.4 is 10.2 Å². The van der Waals surface area contributed by atoms with Gasteiger partial charge < -0.3 is 0 Å². The van der Waals surface area contributed by atoms with Gasteiger partial charge in [-0.1, -0.05) is 0 Å². The Morgan fingerprint density at radius 1 is 1.00 bits per heavy atom. The predicted octanol–water partition coefficient (Wildman–Crippen LogP) is -4.33. The van der Waals surface area contributed by atoms with Crippen LogP contribution in [0.1, 0.15) is 0 Å². The summed E-state index contributed by atoms with van der Waals surface area (Å²) in [4.78, 5) is 0. The van der Waals surface area contributed by atoms with Crippen molar-refractivity contribution in [2.24, 2.45) is 0 Å². The molecule has 0 amide bonds. The minimum atomic E-state index is -4.20. The fourth-order valence-electron chi connectivity index (χ4n) is 0. The van der Waals surface area contributed by atoms with Crippen LogP contribution >= 0.6 is 0 Å². The van der Waals surface area contributed by atoms with E-state index in [1.54, 1.807) is 0 Å². The van der Waals surface area contributed by atoms with Gasteiger partial charge in [-0.15, -0.1) is 0 Å². The van der Waals surface area contributed by atoms with Crippen LogP contribution in [0.15, 0.2) is 0 Å². The number of rotatable bonds is 0. The summed E-state index contributed by atoms with van der Waals surface area (Å²) in [6, 6.07) is 0. The van der Waals surface area contributed by atoms with E-state index in [0.717, 1.165) is 0 Å². The molecule has 0 heterocycles. The van der Waals surface area contributed by atoms with Gasteiger partial charge in [0.2, 0.25) is 0 Å². The molecule has 0 aromatic heterocycles. The molecule has 0 fully saturated rings. The zero-order valence-electron chi connectivity index (χ0n) is 2.25. The van der Waals surface area contributed by atoms with Crippen molar-refractivity contribution >= 4 is 47.3 Å². The average molecular weight is 285 g/mol. The maximum absolute atomic E-state index is 8.60. The summed E-state index contributed by atoms with van der Waals surface area (Å²) >= 11 is -4.20. The third-order valence-electron chi connectivity index (χ3n) is 0. The molecule has 0 bridgehead atoms. The summed E-state index contributed by atoms with van der Waals surface area (Å²) in [5, 5.41) is 0. The van der Waals surface area contributed by atoms with Crippen molar-refractivity contribution < 1.29 is 10.2 Å². The van der Waals surface area contributed by atoms with Crippen molar-refractivity contribution in [2.75, 3.05) is 0 Å². The normalized spacial score (nSPS) is 7.20. The summed E-state index contributed by atoms with van der Waals surface area (Å²) in [5.41, 5.74) is 0. The van der Waals surface area contributed by atoms with E-state index >= 15 is 0 Å². The molecule has 0 aromatic rings. The summed E-state index contributed by atoms with van der Waals surface area (Å²) in [6.07, 6.45) is 0. The second-order valence-corrected chi connectivity index (χ2v) is 1.50. The van der Waals surface area contributed by atoms with E-state index in [2.05, 4.69) is 0 Å². The van der Waals surface area contributed by atoms with Gasteiger partial charge in [-0.3, -0.25) is 0 Å². The summed E-state index contributed by atoms with van der Waals surface area (Å²) < 4.78 is 25.8. The van der Waals surface area contributed by atoms with Crippen molar-refractivity contribution in [1.29, 1.82) is 0 Å².